The van der Waals surface area contributed by atoms with Crippen LogP contribution in [0.2, 0.25) is 0 Å². The number of aromatic nitrogens is 3. The van der Waals surface area contributed by atoms with Crippen molar-refractivity contribution in [2.75, 3.05) is 4.90 Å². The van der Waals surface area contributed by atoms with E-state index < -0.39 is 0 Å². The molecule has 1 amide bonds. The third-order valence-corrected chi connectivity index (χ3v) is 5.63. The molecule has 0 bridgehead atoms. The number of thiazole rings is 1. The zero-order valence-corrected chi connectivity index (χ0v) is 17.0. The molecule has 0 saturated heterocycles. The topological polar surface area (TPSA) is 51.0 Å². The van der Waals surface area contributed by atoms with Crippen LogP contribution < -0.4 is 4.90 Å². The summed E-state index contributed by atoms with van der Waals surface area (Å²) in [7, 11) is 0. The number of carbonyl (C=O) groups is 1. The number of carbonyl (C=O) groups excluding carboxylic acids is 1. The summed E-state index contributed by atoms with van der Waals surface area (Å²) in [5, 5.41) is 5.24. The lowest BCUT2D eigenvalue weighted by Crippen LogP contribution is -2.30. The number of benzene rings is 2. The highest BCUT2D eigenvalue weighted by atomic mass is 32.1. The van der Waals surface area contributed by atoms with E-state index in [9.17, 15) is 4.79 Å². The van der Waals surface area contributed by atoms with Gasteiger partial charge in [0.25, 0.3) is 5.91 Å². The Kier molecular flexibility index (Phi) is 4.96. The number of para-hydroxylation sites is 1. The van der Waals surface area contributed by atoms with Crippen molar-refractivity contribution in [2.24, 2.45) is 0 Å². The highest BCUT2D eigenvalue weighted by Gasteiger charge is 2.24. The molecule has 2 aromatic heterocycles. The molecule has 2 heterocycles. The summed E-state index contributed by atoms with van der Waals surface area (Å²) in [6.07, 6.45) is 0. The van der Waals surface area contributed by atoms with Crippen LogP contribution in [-0.4, -0.2) is 20.7 Å². The van der Waals surface area contributed by atoms with Crippen LogP contribution >= 0.6 is 11.3 Å². The van der Waals surface area contributed by atoms with Crippen LogP contribution in [0.4, 0.5) is 5.13 Å². The van der Waals surface area contributed by atoms with Gasteiger partial charge in [0.2, 0.25) is 0 Å². The molecule has 0 fully saturated rings. The van der Waals surface area contributed by atoms with Crippen LogP contribution in [0.5, 0.6) is 0 Å². The zero-order chi connectivity index (χ0) is 19.7. The minimum atomic E-state index is -0.134. The minimum Gasteiger partial charge on any atom is -0.278 e. The van der Waals surface area contributed by atoms with E-state index in [1.54, 1.807) is 4.90 Å². The smallest absolute Gasteiger partial charge is 0.278 e. The SMILES string of the molecule is Cc1cc(C(=O)N(Cc2ccccc2)c2nc3ccccc3s2)nn1C(C)C. The number of anilines is 1. The molecule has 0 aliphatic heterocycles. The molecule has 0 aliphatic carbocycles. The standard InChI is InChI=1S/C22H22N4OS/c1-15(2)26-16(3)13-19(24-26)21(27)25(14-17-9-5-4-6-10-17)22-23-18-11-7-8-12-20(18)28-22/h4-13,15H,14H2,1-3H3. The van der Waals surface area contributed by atoms with E-state index in [0.29, 0.717) is 17.4 Å². The van der Waals surface area contributed by atoms with Gasteiger partial charge >= 0.3 is 0 Å². The van der Waals surface area contributed by atoms with Crippen LogP contribution in [0.25, 0.3) is 10.2 Å². The second kappa shape index (κ2) is 7.56. The molecule has 4 aromatic rings. The third kappa shape index (κ3) is 3.55. The van der Waals surface area contributed by atoms with Gasteiger partial charge in [0.15, 0.2) is 10.8 Å². The lowest BCUT2D eigenvalue weighted by Gasteiger charge is -2.19. The first-order valence-electron chi connectivity index (χ1n) is 9.30. The third-order valence-electron chi connectivity index (χ3n) is 4.57. The van der Waals surface area contributed by atoms with Gasteiger partial charge in [0.05, 0.1) is 16.8 Å². The molecular weight excluding hydrogens is 368 g/mol. The average Bonchev–Trinajstić information content (AvgIpc) is 3.30. The first-order chi connectivity index (χ1) is 13.5. The van der Waals surface area contributed by atoms with E-state index in [1.807, 2.05) is 72.3 Å². The Morgan fingerprint density at radius 1 is 1.11 bits per heavy atom. The predicted octanol–water partition coefficient (Wildman–Crippen LogP) is 5.23. The molecule has 4 rings (SSSR count). The van der Waals surface area contributed by atoms with Crippen molar-refractivity contribution in [3.63, 3.8) is 0 Å². The van der Waals surface area contributed by atoms with Gasteiger partial charge < -0.3 is 0 Å². The largest absolute Gasteiger partial charge is 0.280 e. The number of nitrogens with zero attached hydrogens (tertiary/aromatic N) is 4. The number of amides is 1. The molecule has 28 heavy (non-hydrogen) atoms. The van der Waals surface area contributed by atoms with Gasteiger partial charge in [-0.05, 0) is 44.5 Å². The van der Waals surface area contributed by atoms with Gasteiger partial charge in [0, 0.05) is 11.7 Å². The van der Waals surface area contributed by atoms with E-state index in [1.165, 1.54) is 11.3 Å². The lowest BCUT2D eigenvalue weighted by molar-refractivity contribution is 0.0979. The average molecular weight is 391 g/mol. The van der Waals surface area contributed by atoms with Crippen LogP contribution in [0.1, 0.15) is 41.6 Å². The normalized spacial score (nSPS) is 11.3. The molecule has 0 N–H and O–H groups in total. The summed E-state index contributed by atoms with van der Waals surface area (Å²) in [6.45, 7) is 6.54. The summed E-state index contributed by atoms with van der Waals surface area (Å²) in [4.78, 5) is 19.9. The molecule has 6 heteroatoms. The maximum Gasteiger partial charge on any atom is 0.280 e. The summed E-state index contributed by atoms with van der Waals surface area (Å²) >= 11 is 1.52. The molecule has 142 valence electrons. The summed E-state index contributed by atoms with van der Waals surface area (Å²) in [5.74, 6) is -0.134. The lowest BCUT2D eigenvalue weighted by atomic mass is 10.2. The number of rotatable bonds is 5. The summed E-state index contributed by atoms with van der Waals surface area (Å²) in [5.41, 5.74) is 3.37. The van der Waals surface area contributed by atoms with Crippen LogP contribution in [0.15, 0.2) is 60.7 Å². The van der Waals surface area contributed by atoms with Gasteiger partial charge in [-0.15, -0.1) is 0 Å². The van der Waals surface area contributed by atoms with E-state index in [4.69, 9.17) is 4.98 Å². The minimum absolute atomic E-state index is 0.134. The zero-order valence-electron chi connectivity index (χ0n) is 16.2. The molecule has 0 radical (unpaired) electrons. The fraction of sp³-hybridized carbons (Fsp3) is 0.227. The number of hydrogen-bond acceptors (Lipinski definition) is 4. The molecule has 0 spiro atoms. The molecule has 5 nitrogen and oxygen atoms in total. The fourth-order valence-electron chi connectivity index (χ4n) is 3.22. The molecule has 0 saturated carbocycles. The second-order valence-corrected chi connectivity index (χ2v) is 8.06. The summed E-state index contributed by atoms with van der Waals surface area (Å²) in [6, 6.07) is 20.0. The van der Waals surface area contributed by atoms with Crippen molar-refractivity contribution >= 4 is 32.6 Å². The van der Waals surface area contributed by atoms with Crippen LogP contribution in [0, 0.1) is 6.92 Å². The molecule has 0 aliphatic rings. The van der Waals surface area contributed by atoms with Gasteiger partial charge in [-0.3, -0.25) is 14.4 Å². The highest BCUT2D eigenvalue weighted by molar-refractivity contribution is 7.22. The van der Waals surface area contributed by atoms with E-state index in [-0.39, 0.29) is 11.9 Å². The summed E-state index contributed by atoms with van der Waals surface area (Å²) < 4.78 is 2.94. The predicted molar refractivity (Wildman–Crippen MR) is 114 cm³/mol. The molecule has 2 aromatic carbocycles. The number of fused-ring (bicyclic) bond motifs is 1. The monoisotopic (exact) mass is 390 g/mol. The first-order valence-corrected chi connectivity index (χ1v) is 10.1. The van der Waals surface area contributed by atoms with Crippen molar-refractivity contribution in [1.29, 1.82) is 0 Å². The van der Waals surface area contributed by atoms with Crippen molar-refractivity contribution in [3.8, 4) is 0 Å². The highest BCUT2D eigenvalue weighted by Crippen LogP contribution is 2.30. The van der Waals surface area contributed by atoms with Gasteiger partial charge in [-0.25, -0.2) is 4.98 Å². The van der Waals surface area contributed by atoms with Crippen LogP contribution in [-0.2, 0) is 6.54 Å². The Morgan fingerprint density at radius 3 is 2.50 bits per heavy atom. The molecule has 0 unspecified atom stereocenters. The first kappa shape index (κ1) is 18.4. The van der Waals surface area contributed by atoms with Crippen molar-refractivity contribution in [1.82, 2.24) is 14.8 Å². The quantitative estimate of drug-likeness (QED) is 0.469. The van der Waals surface area contributed by atoms with E-state index >= 15 is 0 Å². The Bertz CT molecular complexity index is 1080. The fourth-order valence-corrected chi connectivity index (χ4v) is 4.18. The van der Waals surface area contributed by atoms with Gasteiger partial charge in [-0.1, -0.05) is 53.8 Å². The Balaban J connectivity index is 1.75. The van der Waals surface area contributed by atoms with Crippen molar-refractivity contribution in [3.05, 3.63) is 77.6 Å². The maximum absolute atomic E-state index is 13.4. The van der Waals surface area contributed by atoms with E-state index in [2.05, 4.69) is 18.9 Å². The number of aryl methyl sites for hydroxylation is 1. The van der Waals surface area contributed by atoms with Gasteiger partial charge in [0.1, 0.15) is 0 Å². The Labute approximate surface area is 168 Å². The van der Waals surface area contributed by atoms with Gasteiger partial charge in [-0.2, -0.15) is 5.10 Å². The Morgan fingerprint density at radius 2 is 1.82 bits per heavy atom. The molecular formula is C22H22N4OS. The maximum atomic E-state index is 13.4. The van der Waals surface area contributed by atoms with E-state index in [0.717, 1.165) is 21.5 Å². The Hall–Kier alpha value is -2.99. The van der Waals surface area contributed by atoms with Crippen molar-refractivity contribution in [2.45, 2.75) is 33.4 Å². The van der Waals surface area contributed by atoms with Crippen LogP contribution in [0.3, 0.4) is 0 Å². The number of hydrogen-bond donors (Lipinski definition) is 0. The van der Waals surface area contributed by atoms with Crippen molar-refractivity contribution < 1.29 is 4.79 Å². The second-order valence-electron chi connectivity index (χ2n) is 7.05. The molecule has 0 atom stereocenters.